The number of benzene rings is 3. The van der Waals surface area contributed by atoms with E-state index in [0.29, 0.717) is 32.6 Å². The summed E-state index contributed by atoms with van der Waals surface area (Å²) in [6.45, 7) is 3.58. The zero-order valence-corrected chi connectivity index (χ0v) is 24.0. The fourth-order valence-electron chi connectivity index (χ4n) is 4.42. The van der Waals surface area contributed by atoms with Crippen molar-refractivity contribution in [2.75, 3.05) is 11.7 Å². The number of carbonyl (C=O) groups excluding carboxylic acids is 2. The Balaban J connectivity index is 1.39. The van der Waals surface area contributed by atoms with Crippen molar-refractivity contribution in [3.63, 3.8) is 0 Å². The second-order valence-corrected chi connectivity index (χ2v) is 10.5. The molecule has 4 rings (SSSR count). The SMILES string of the molecule is CC(C)N(C(=O)[C@@H]1OCO[C@H]1C(=O)NC(Cc1ccc(OCc2c(Cl)cccc2Cl)cc1)C(=O)O)c1ccccc1. The number of hydrogen-bond acceptors (Lipinski definition) is 6. The van der Waals surface area contributed by atoms with Crippen molar-refractivity contribution in [3.8, 4) is 5.75 Å². The summed E-state index contributed by atoms with van der Waals surface area (Å²) in [6, 6.07) is 19.5. The van der Waals surface area contributed by atoms with Crippen LogP contribution in [0.25, 0.3) is 0 Å². The van der Waals surface area contributed by atoms with Gasteiger partial charge in [0.1, 0.15) is 25.2 Å². The predicted molar refractivity (Wildman–Crippen MR) is 154 cm³/mol. The molecule has 1 aliphatic heterocycles. The maximum Gasteiger partial charge on any atom is 0.326 e. The van der Waals surface area contributed by atoms with Gasteiger partial charge in [-0.1, -0.05) is 59.6 Å². The fourth-order valence-corrected chi connectivity index (χ4v) is 4.92. The molecule has 0 aromatic heterocycles. The minimum absolute atomic E-state index is 0.00792. The van der Waals surface area contributed by atoms with Crippen molar-refractivity contribution in [2.45, 2.75) is 51.2 Å². The summed E-state index contributed by atoms with van der Waals surface area (Å²) in [5.41, 5.74) is 1.95. The molecule has 0 aliphatic carbocycles. The smallest absolute Gasteiger partial charge is 0.326 e. The van der Waals surface area contributed by atoms with E-state index in [-0.39, 0.29) is 25.9 Å². The van der Waals surface area contributed by atoms with E-state index in [1.54, 1.807) is 66.7 Å². The van der Waals surface area contributed by atoms with Gasteiger partial charge in [0, 0.05) is 33.8 Å². The van der Waals surface area contributed by atoms with E-state index in [4.69, 9.17) is 37.4 Å². The molecule has 0 spiro atoms. The Bertz CT molecular complexity index is 1350. The van der Waals surface area contributed by atoms with E-state index in [9.17, 15) is 19.5 Å². The summed E-state index contributed by atoms with van der Waals surface area (Å²) in [4.78, 5) is 40.1. The number of anilines is 1. The first kappa shape index (κ1) is 30.3. The van der Waals surface area contributed by atoms with Crippen molar-refractivity contribution >= 4 is 46.7 Å². The molecule has 216 valence electrons. The molecule has 3 aromatic rings. The number of carboxylic acids is 1. The highest BCUT2D eigenvalue weighted by Gasteiger charge is 2.44. The Morgan fingerprint density at radius 1 is 0.951 bits per heavy atom. The third kappa shape index (κ3) is 7.56. The lowest BCUT2D eigenvalue weighted by Crippen LogP contribution is -2.54. The normalized spacial score (nSPS) is 17.2. The van der Waals surface area contributed by atoms with Crippen LogP contribution < -0.4 is 15.0 Å². The van der Waals surface area contributed by atoms with Crippen LogP contribution >= 0.6 is 23.2 Å². The summed E-state index contributed by atoms with van der Waals surface area (Å²) in [5.74, 6) is -1.90. The van der Waals surface area contributed by atoms with Crippen molar-refractivity contribution in [1.82, 2.24) is 5.32 Å². The number of carboxylic acid groups (broad SMARTS) is 1. The molecular formula is C30H30Cl2N2O7. The lowest BCUT2D eigenvalue weighted by molar-refractivity contribution is -0.144. The monoisotopic (exact) mass is 600 g/mol. The predicted octanol–water partition coefficient (Wildman–Crippen LogP) is 4.87. The molecule has 1 aliphatic rings. The lowest BCUT2D eigenvalue weighted by atomic mass is 10.0. The first-order chi connectivity index (χ1) is 19.7. The molecular weight excluding hydrogens is 571 g/mol. The third-order valence-corrected chi connectivity index (χ3v) is 7.19. The second-order valence-electron chi connectivity index (χ2n) is 9.67. The van der Waals surface area contributed by atoms with Crippen LogP contribution in [0.4, 0.5) is 5.69 Å². The van der Waals surface area contributed by atoms with E-state index in [1.165, 1.54) is 4.90 Å². The first-order valence-electron chi connectivity index (χ1n) is 12.9. The van der Waals surface area contributed by atoms with E-state index < -0.39 is 36.0 Å². The highest BCUT2D eigenvalue weighted by atomic mass is 35.5. The summed E-state index contributed by atoms with van der Waals surface area (Å²) >= 11 is 12.4. The lowest BCUT2D eigenvalue weighted by Gasteiger charge is -2.30. The molecule has 2 N–H and O–H groups in total. The Morgan fingerprint density at radius 3 is 2.20 bits per heavy atom. The molecule has 2 amide bonds. The average Bonchev–Trinajstić information content (AvgIpc) is 3.44. The summed E-state index contributed by atoms with van der Waals surface area (Å²) in [7, 11) is 0. The highest BCUT2D eigenvalue weighted by Crippen LogP contribution is 2.26. The zero-order valence-electron chi connectivity index (χ0n) is 22.5. The van der Waals surface area contributed by atoms with Gasteiger partial charge in [0.2, 0.25) is 0 Å². The molecule has 0 bridgehead atoms. The zero-order chi connectivity index (χ0) is 29.5. The van der Waals surface area contributed by atoms with Gasteiger partial charge in [-0.25, -0.2) is 4.79 Å². The molecule has 1 unspecified atom stereocenters. The number of rotatable bonds is 11. The van der Waals surface area contributed by atoms with Gasteiger partial charge in [0.25, 0.3) is 11.8 Å². The van der Waals surface area contributed by atoms with Gasteiger partial charge in [0.15, 0.2) is 12.2 Å². The number of hydrogen-bond donors (Lipinski definition) is 2. The third-order valence-electron chi connectivity index (χ3n) is 6.48. The molecule has 11 heteroatoms. The quantitative estimate of drug-likeness (QED) is 0.323. The number of para-hydroxylation sites is 1. The van der Waals surface area contributed by atoms with Gasteiger partial charge in [-0.2, -0.15) is 0 Å². The molecule has 41 heavy (non-hydrogen) atoms. The van der Waals surface area contributed by atoms with Gasteiger partial charge in [-0.15, -0.1) is 0 Å². The second kappa shape index (κ2) is 13.8. The van der Waals surface area contributed by atoms with Crippen LogP contribution in [0.1, 0.15) is 25.0 Å². The van der Waals surface area contributed by atoms with E-state index in [1.807, 2.05) is 19.9 Å². The number of nitrogens with one attached hydrogen (secondary N) is 1. The maximum absolute atomic E-state index is 13.4. The van der Waals surface area contributed by atoms with Crippen LogP contribution in [-0.4, -0.2) is 54.0 Å². The Hall–Kier alpha value is -3.63. The van der Waals surface area contributed by atoms with Gasteiger partial charge >= 0.3 is 5.97 Å². The molecule has 3 atom stereocenters. The van der Waals surface area contributed by atoms with Crippen LogP contribution in [0.5, 0.6) is 5.75 Å². The number of halogens is 2. The standard InChI is InChI=1S/C30H30Cl2N2O7/c1-18(2)34(20-7-4-3-5-8-20)29(36)27-26(40-17-41-27)28(35)33-25(30(37)38)15-19-11-13-21(14-12-19)39-16-22-23(31)9-6-10-24(22)32/h3-14,18,25-27H,15-17H2,1-2H3,(H,33,35)(H,37,38)/t25?,26-,27-/m1/s1. The molecule has 9 nitrogen and oxygen atoms in total. The molecule has 0 saturated carbocycles. The summed E-state index contributed by atoms with van der Waals surface area (Å²) < 4.78 is 16.7. The van der Waals surface area contributed by atoms with Gasteiger partial charge in [0.05, 0.1) is 0 Å². The number of ether oxygens (including phenoxy) is 3. The van der Waals surface area contributed by atoms with Gasteiger partial charge in [-0.05, 0) is 55.8 Å². The summed E-state index contributed by atoms with van der Waals surface area (Å²) in [6.07, 6.45) is -2.54. The minimum atomic E-state index is -1.30. The van der Waals surface area contributed by atoms with Crippen LogP contribution in [0.15, 0.2) is 72.8 Å². The molecule has 1 heterocycles. The van der Waals surface area contributed by atoms with E-state index in [2.05, 4.69) is 5.32 Å². The average molecular weight is 601 g/mol. The first-order valence-corrected chi connectivity index (χ1v) is 13.7. The van der Waals surface area contributed by atoms with Crippen molar-refractivity contribution in [1.29, 1.82) is 0 Å². The van der Waals surface area contributed by atoms with Crippen LogP contribution in [0, 0.1) is 0 Å². The van der Waals surface area contributed by atoms with Crippen molar-refractivity contribution < 1.29 is 33.7 Å². The van der Waals surface area contributed by atoms with Gasteiger partial charge < -0.3 is 29.5 Å². The Morgan fingerprint density at radius 2 is 1.59 bits per heavy atom. The van der Waals surface area contributed by atoms with Crippen molar-refractivity contribution in [3.05, 3.63) is 94.0 Å². The van der Waals surface area contributed by atoms with E-state index in [0.717, 1.165) is 0 Å². The minimum Gasteiger partial charge on any atom is -0.489 e. The van der Waals surface area contributed by atoms with Gasteiger partial charge in [-0.3, -0.25) is 9.59 Å². The number of carbonyl (C=O) groups is 3. The van der Waals surface area contributed by atoms with Crippen LogP contribution in [0.3, 0.4) is 0 Å². The number of aliphatic carboxylic acids is 1. The highest BCUT2D eigenvalue weighted by molar-refractivity contribution is 6.35. The molecule has 3 aromatic carbocycles. The number of amides is 2. The van der Waals surface area contributed by atoms with Crippen LogP contribution in [0.2, 0.25) is 10.0 Å². The fraction of sp³-hybridized carbons (Fsp3) is 0.300. The molecule has 1 fully saturated rings. The topological polar surface area (TPSA) is 114 Å². The largest absolute Gasteiger partial charge is 0.489 e. The summed E-state index contributed by atoms with van der Waals surface area (Å²) in [5, 5.41) is 13.3. The van der Waals surface area contributed by atoms with E-state index >= 15 is 0 Å². The van der Waals surface area contributed by atoms with Crippen LogP contribution in [-0.2, 0) is 36.9 Å². The molecule has 1 saturated heterocycles. The van der Waals surface area contributed by atoms with Crippen molar-refractivity contribution in [2.24, 2.45) is 0 Å². The maximum atomic E-state index is 13.4. The Labute approximate surface area is 247 Å². The molecule has 0 radical (unpaired) electrons. The Kier molecular flexibility index (Phi) is 10.2. The number of nitrogens with zero attached hydrogens (tertiary/aromatic N) is 1.